The molecule has 0 saturated heterocycles. The van der Waals surface area contributed by atoms with E-state index in [1.165, 1.54) is 17.0 Å². The van der Waals surface area contributed by atoms with Crippen LogP contribution in [0.2, 0.25) is 0 Å². The standard InChI is InChI=1S/C15H12F3N5O2/c1-22-8-19-11-3-2-9(6-10(11)14(22)25)20-13(24)7-23-5-4-12(21-23)15(16,17)18/h2-6,8H,7H2,1H3,(H,20,24). The van der Waals surface area contributed by atoms with Crippen molar-refractivity contribution in [2.24, 2.45) is 7.05 Å². The zero-order valence-corrected chi connectivity index (χ0v) is 12.9. The monoisotopic (exact) mass is 351 g/mol. The van der Waals surface area contributed by atoms with Gasteiger partial charge in [0.05, 0.1) is 17.2 Å². The lowest BCUT2D eigenvalue weighted by atomic mass is 10.2. The number of fused-ring (bicyclic) bond motifs is 1. The number of halogens is 3. The number of benzene rings is 1. The first-order valence-electron chi connectivity index (χ1n) is 7.10. The van der Waals surface area contributed by atoms with Crippen LogP contribution in [0.25, 0.3) is 10.9 Å². The van der Waals surface area contributed by atoms with Gasteiger partial charge in [0.2, 0.25) is 5.91 Å². The van der Waals surface area contributed by atoms with Gasteiger partial charge in [-0.05, 0) is 24.3 Å². The lowest BCUT2D eigenvalue weighted by molar-refractivity contribution is -0.141. The molecule has 7 nitrogen and oxygen atoms in total. The number of amides is 1. The third-order valence-electron chi connectivity index (χ3n) is 3.44. The Hall–Kier alpha value is -3.17. The third kappa shape index (κ3) is 3.52. The summed E-state index contributed by atoms with van der Waals surface area (Å²) in [6, 6.07) is 5.38. The Morgan fingerprint density at radius 2 is 2.04 bits per heavy atom. The molecule has 0 aliphatic heterocycles. The summed E-state index contributed by atoms with van der Waals surface area (Å²) >= 11 is 0. The van der Waals surface area contributed by atoms with Crippen LogP contribution in [-0.4, -0.2) is 25.2 Å². The Balaban J connectivity index is 1.77. The number of carbonyl (C=O) groups excluding carboxylic acids is 1. The fourth-order valence-corrected chi connectivity index (χ4v) is 2.24. The number of aromatic nitrogens is 4. The number of hydrogen-bond donors (Lipinski definition) is 1. The van der Waals surface area contributed by atoms with Gasteiger partial charge in [0.1, 0.15) is 6.54 Å². The van der Waals surface area contributed by atoms with E-state index in [4.69, 9.17) is 0 Å². The van der Waals surface area contributed by atoms with Crippen LogP contribution >= 0.6 is 0 Å². The molecule has 1 amide bonds. The Labute approximate surface area is 138 Å². The van der Waals surface area contributed by atoms with Crippen molar-refractivity contribution < 1.29 is 18.0 Å². The van der Waals surface area contributed by atoms with Crippen LogP contribution in [0.4, 0.5) is 18.9 Å². The van der Waals surface area contributed by atoms with Crippen molar-refractivity contribution in [2.75, 3.05) is 5.32 Å². The summed E-state index contributed by atoms with van der Waals surface area (Å²) in [5, 5.41) is 6.15. The van der Waals surface area contributed by atoms with E-state index in [0.29, 0.717) is 16.6 Å². The minimum atomic E-state index is -4.56. The van der Waals surface area contributed by atoms with Crippen molar-refractivity contribution in [1.29, 1.82) is 0 Å². The maximum atomic E-state index is 12.5. The zero-order chi connectivity index (χ0) is 18.2. The van der Waals surface area contributed by atoms with Gasteiger partial charge in [-0.1, -0.05) is 0 Å². The molecule has 0 saturated carbocycles. The normalized spacial score (nSPS) is 11.7. The van der Waals surface area contributed by atoms with Crippen LogP contribution in [0.3, 0.4) is 0 Å². The van der Waals surface area contributed by atoms with Crippen molar-refractivity contribution >= 4 is 22.5 Å². The number of hydrogen-bond acceptors (Lipinski definition) is 4. The highest BCUT2D eigenvalue weighted by molar-refractivity contribution is 5.93. The number of rotatable bonds is 3. The molecule has 2 heterocycles. The smallest absolute Gasteiger partial charge is 0.324 e. The second-order valence-corrected chi connectivity index (χ2v) is 5.34. The minimum Gasteiger partial charge on any atom is -0.324 e. The Bertz CT molecular complexity index is 1010. The van der Waals surface area contributed by atoms with E-state index in [1.54, 1.807) is 19.2 Å². The summed E-state index contributed by atoms with van der Waals surface area (Å²) in [5.74, 6) is -0.572. The minimum absolute atomic E-state index is 0.275. The number of nitrogens with zero attached hydrogens (tertiary/aromatic N) is 4. The molecule has 0 fully saturated rings. The summed E-state index contributed by atoms with van der Waals surface area (Å²) in [6.45, 7) is -0.390. The first kappa shape index (κ1) is 16.7. The molecule has 0 bridgehead atoms. The molecule has 10 heteroatoms. The van der Waals surface area contributed by atoms with Gasteiger partial charge in [0, 0.05) is 18.9 Å². The van der Waals surface area contributed by atoms with Crippen LogP contribution in [0.15, 0.2) is 41.6 Å². The first-order chi connectivity index (χ1) is 11.7. The molecule has 0 radical (unpaired) electrons. The summed E-state index contributed by atoms with van der Waals surface area (Å²) < 4.78 is 39.7. The predicted molar refractivity (Wildman–Crippen MR) is 82.8 cm³/mol. The average molecular weight is 351 g/mol. The Morgan fingerprint density at radius 3 is 2.72 bits per heavy atom. The summed E-state index contributed by atoms with van der Waals surface area (Å²) in [7, 11) is 1.55. The van der Waals surface area contributed by atoms with E-state index in [9.17, 15) is 22.8 Å². The van der Waals surface area contributed by atoms with Gasteiger partial charge < -0.3 is 9.88 Å². The lowest BCUT2D eigenvalue weighted by Crippen LogP contribution is -2.20. The van der Waals surface area contributed by atoms with Crippen molar-refractivity contribution in [3.05, 3.63) is 52.8 Å². The number of aryl methyl sites for hydroxylation is 1. The largest absolute Gasteiger partial charge is 0.435 e. The maximum absolute atomic E-state index is 12.5. The summed E-state index contributed by atoms with van der Waals surface area (Å²) in [5.41, 5.74) is -0.530. The van der Waals surface area contributed by atoms with Crippen molar-refractivity contribution in [3.8, 4) is 0 Å². The quantitative estimate of drug-likeness (QED) is 0.780. The highest BCUT2D eigenvalue weighted by Crippen LogP contribution is 2.27. The number of carbonyl (C=O) groups is 1. The number of nitrogens with one attached hydrogen (secondary N) is 1. The Morgan fingerprint density at radius 1 is 1.28 bits per heavy atom. The maximum Gasteiger partial charge on any atom is 0.435 e. The fourth-order valence-electron chi connectivity index (χ4n) is 2.24. The molecule has 0 unspecified atom stereocenters. The topological polar surface area (TPSA) is 81.8 Å². The van der Waals surface area contributed by atoms with Crippen LogP contribution in [-0.2, 0) is 24.6 Å². The van der Waals surface area contributed by atoms with E-state index in [2.05, 4.69) is 15.4 Å². The average Bonchev–Trinajstić information content (AvgIpc) is 3.00. The molecular weight excluding hydrogens is 339 g/mol. The van der Waals surface area contributed by atoms with Gasteiger partial charge >= 0.3 is 6.18 Å². The zero-order valence-electron chi connectivity index (χ0n) is 12.9. The van der Waals surface area contributed by atoms with Gasteiger partial charge in [0.25, 0.3) is 5.56 Å². The van der Waals surface area contributed by atoms with E-state index in [-0.39, 0.29) is 12.1 Å². The van der Waals surface area contributed by atoms with Crippen molar-refractivity contribution in [2.45, 2.75) is 12.7 Å². The molecule has 0 atom stereocenters. The van der Waals surface area contributed by atoms with E-state index >= 15 is 0 Å². The van der Waals surface area contributed by atoms with Gasteiger partial charge in [-0.25, -0.2) is 4.98 Å². The van der Waals surface area contributed by atoms with Gasteiger partial charge in [-0.15, -0.1) is 0 Å². The molecule has 1 N–H and O–H groups in total. The predicted octanol–water partition coefficient (Wildman–Crippen LogP) is 1.79. The number of alkyl halides is 3. The molecule has 3 rings (SSSR count). The lowest BCUT2D eigenvalue weighted by Gasteiger charge is -2.07. The fraction of sp³-hybridized carbons (Fsp3) is 0.200. The molecule has 2 aromatic heterocycles. The van der Waals surface area contributed by atoms with E-state index in [1.807, 2.05) is 0 Å². The van der Waals surface area contributed by atoms with E-state index in [0.717, 1.165) is 16.9 Å². The van der Waals surface area contributed by atoms with Crippen molar-refractivity contribution in [3.63, 3.8) is 0 Å². The molecule has 25 heavy (non-hydrogen) atoms. The van der Waals surface area contributed by atoms with Gasteiger partial charge in [0.15, 0.2) is 5.69 Å². The second-order valence-electron chi connectivity index (χ2n) is 5.34. The summed E-state index contributed by atoms with van der Waals surface area (Å²) in [6.07, 6.45) is -2.10. The van der Waals surface area contributed by atoms with Crippen molar-refractivity contribution in [1.82, 2.24) is 19.3 Å². The SMILES string of the molecule is Cn1cnc2ccc(NC(=O)Cn3ccc(C(F)(F)F)n3)cc2c1=O. The third-order valence-corrected chi connectivity index (χ3v) is 3.44. The second kappa shape index (κ2) is 6.04. The first-order valence-corrected chi connectivity index (χ1v) is 7.10. The highest BCUT2D eigenvalue weighted by atomic mass is 19.4. The van der Waals surface area contributed by atoms with Crippen LogP contribution < -0.4 is 10.9 Å². The molecule has 3 aromatic rings. The van der Waals surface area contributed by atoms with Crippen LogP contribution in [0.5, 0.6) is 0 Å². The molecule has 0 aliphatic rings. The highest BCUT2D eigenvalue weighted by Gasteiger charge is 2.33. The van der Waals surface area contributed by atoms with Crippen LogP contribution in [0, 0.1) is 0 Å². The van der Waals surface area contributed by atoms with Crippen LogP contribution in [0.1, 0.15) is 5.69 Å². The van der Waals surface area contributed by atoms with Gasteiger partial charge in [-0.3, -0.25) is 14.3 Å². The van der Waals surface area contributed by atoms with E-state index < -0.39 is 17.8 Å². The van der Waals surface area contributed by atoms with Gasteiger partial charge in [-0.2, -0.15) is 18.3 Å². The molecule has 0 spiro atoms. The molecule has 1 aromatic carbocycles. The Kier molecular flexibility index (Phi) is 4.03. The molecular formula is C15H12F3N5O2. The number of anilines is 1. The molecule has 0 aliphatic carbocycles. The molecule has 130 valence electrons. The summed E-state index contributed by atoms with van der Waals surface area (Å²) in [4.78, 5) is 28.1.